The first-order chi connectivity index (χ1) is 12.2. The molecule has 0 unspecified atom stereocenters. The van der Waals surface area contributed by atoms with Crippen molar-refractivity contribution >= 4 is 11.6 Å². The number of aromatic nitrogens is 4. The fraction of sp³-hybridized carbons (Fsp3) is 0.263. The lowest BCUT2D eigenvalue weighted by Crippen LogP contribution is -2.14. The molecule has 3 aromatic rings. The van der Waals surface area contributed by atoms with Crippen LogP contribution in [0.1, 0.15) is 34.7 Å². The van der Waals surface area contributed by atoms with Crippen LogP contribution in [0.25, 0.3) is 11.3 Å². The highest BCUT2D eigenvalue weighted by Gasteiger charge is 2.14. The Bertz CT molecular complexity index is 890. The smallest absolute Gasteiger partial charge is 0.257 e. The van der Waals surface area contributed by atoms with Gasteiger partial charge in [-0.1, -0.05) is 12.1 Å². The Morgan fingerprint density at radius 2 is 2.00 bits per heavy atom. The zero-order chi connectivity index (χ0) is 17.2. The Morgan fingerprint density at radius 1 is 1.16 bits per heavy atom. The van der Waals surface area contributed by atoms with E-state index in [0.29, 0.717) is 11.3 Å². The molecular formula is C19H19N5O. The van der Waals surface area contributed by atoms with Crippen LogP contribution in [0, 0.1) is 6.92 Å². The van der Waals surface area contributed by atoms with Crippen molar-refractivity contribution in [2.24, 2.45) is 0 Å². The van der Waals surface area contributed by atoms with Crippen molar-refractivity contribution < 1.29 is 4.79 Å². The van der Waals surface area contributed by atoms with Crippen LogP contribution in [-0.2, 0) is 13.0 Å². The first kappa shape index (κ1) is 15.5. The van der Waals surface area contributed by atoms with Gasteiger partial charge in [0, 0.05) is 30.4 Å². The topological polar surface area (TPSA) is 72.7 Å². The first-order valence-corrected chi connectivity index (χ1v) is 8.47. The van der Waals surface area contributed by atoms with Crippen LogP contribution in [0.5, 0.6) is 0 Å². The maximum atomic E-state index is 12.3. The summed E-state index contributed by atoms with van der Waals surface area (Å²) >= 11 is 0. The van der Waals surface area contributed by atoms with Crippen molar-refractivity contribution in [2.75, 3.05) is 5.32 Å². The number of nitrogens with zero attached hydrogens (tertiary/aromatic N) is 4. The average molecular weight is 333 g/mol. The Kier molecular flexibility index (Phi) is 4.01. The normalized spacial score (nSPS) is 13.3. The van der Waals surface area contributed by atoms with Crippen molar-refractivity contribution in [1.29, 1.82) is 0 Å². The van der Waals surface area contributed by atoms with Crippen molar-refractivity contribution in [3.8, 4) is 11.3 Å². The molecule has 1 aliphatic heterocycles. The summed E-state index contributed by atoms with van der Waals surface area (Å²) in [6, 6.07) is 9.44. The van der Waals surface area contributed by atoms with E-state index in [4.69, 9.17) is 4.98 Å². The van der Waals surface area contributed by atoms with E-state index in [2.05, 4.69) is 26.3 Å². The molecule has 0 aliphatic carbocycles. The number of aryl methyl sites for hydroxylation is 3. The largest absolute Gasteiger partial charge is 0.334 e. The predicted molar refractivity (Wildman–Crippen MR) is 95.3 cm³/mol. The number of carbonyl (C=O) groups excluding carboxylic acids is 1. The molecule has 6 heteroatoms. The van der Waals surface area contributed by atoms with Gasteiger partial charge in [0.1, 0.15) is 5.82 Å². The number of amides is 1. The second-order valence-electron chi connectivity index (χ2n) is 6.25. The maximum Gasteiger partial charge on any atom is 0.257 e. The van der Waals surface area contributed by atoms with E-state index in [1.165, 1.54) is 24.9 Å². The highest BCUT2D eigenvalue weighted by atomic mass is 16.1. The molecule has 126 valence electrons. The standard InChI is InChI=1S/C19H19N5O/c1-13-16(9-10-20-23-13)19(25)21-15-7-5-14(6-8-15)17-12-24-11-3-2-4-18(24)22-17/h5-10,12H,2-4,11H2,1H3,(H,21,25). The van der Waals surface area contributed by atoms with Gasteiger partial charge in [0.15, 0.2) is 0 Å². The lowest BCUT2D eigenvalue weighted by atomic mass is 10.1. The first-order valence-electron chi connectivity index (χ1n) is 8.47. The minimum atomic E-state index is -0.183. The summed E-state index contributed by atoms with van der Waals surface area (Å²) in [6.45, 7) is 2.82. The van der Waals surface area contributed by atoms with E-state index >= 15 is 0 Å². The zero-order valence-corrected chi connectivity index (χ0v) is 14.1. The third-order valence-electron chi connectivity index (χ3n) is 4.50. The number of carbonyl (C=O) groups is 1. The third kappa shape index (κ3) is 3.15. The van der Waals surface area contributed by atoms with Gasteiger partial charge in [-0.2, -0.15) is 10.2 Å². The van der Waals surface area contributed by atoms with Crippen LogP contribution in [0.3, 0.4) is 0 Å². The lowest BCUT2D eigenvalue weighted by molar-refractivity contribution is 0.102. The van der Waals surface area contributed by atoms with Gasteiger partial charge in [0.05, 0.1) is 23.1 Å². The van der Waals surface area contributed by atoms with E-state index in [0.717, 1.165) is 29.9 Å². The van der Waals surface area contributed by atoms with Crippen LogP contribution in [0.2, 0.25) is 0 Å². The summed E-state index contributed by atoms with van der Waals surface area (Å²) in [5.74, 6) is 0.983. The summed E-state index contributed by atoms with van der Waals surface area (Å²) < 4.78 is 2.24. The quantitative estimate of drug-likeness (QED) is 0.798. The number of hydrogen-bond donors (Lipinski definition) is 1. The Labute approximate surface area is 145 Å². The second-order valence-corrected chi connectivity index (χ2v) is 6.25. The van der Waals surface area contributed by atoms with Crippen LogP contribution in [0.4, 0.5) is 5.69 Å². The number of rotatable bonds is 3. The van der Waals surface area contributed by atoms with Crippen molar-refractivity contribution in [3.63, 3.8) is 0 Å². The van der Waals surface area contributed by atoms with Gasteiger partial charge in [0.25, 0.3) is 5.91 Å². The van der Waals surface area contributed by atoms with E-state index in [1.54, 1.807) is 13.0 Å². The average Bonchev–Trinajstić information content (AvgIpc) is 3.07. The second kappa shape index (κ2) is 6.47. The van der Waals surface area contributed by atoms with Gasteiger partial charge in [-0.05, 0) is 38.0 Å². The van der Waals surface area contributed by atoms with Gasteiger partial charge in [-0.3, -0.25) is 4.79 Å². The number of anilines is 1. The molecule has 0 atom stereocenters. The predicted octanol–water partition coefficient (Wildman–Crippen LogP) is 3.24. The Morgan fingerprint density at radius 3 is 2.76 bits per heavy atom. The fourth-order valence-corrected chi connectivity index (χ4v) is 3.12. The molecular weight excluding hydrogens is 314 g/mol. The molecule has 1 aromatic carbocycles. The third-order valence-corrected chi connectivity index (χ3v) is 4.50. The van der Waals surface area contributed by atoms with Crippen molar-refractivity contribution in [2.45, 2.75) is 32.7 Å². The van der Waals surface area contributed by atoms with E-state index in [1.807, 2.05) is 24.3 Å². The lowest BCUT2D eigenvalue weighted by Gasteiger charge is -2.11. The van der Waals surface area contributed by atoms with Crippen LogP contribution in [0.15, 0.2) is 42.7 Å². The van der Waals surface area contributed by atoms with Crippen LogP contribution < -0.4 is 5.32 Å². The van der Waals surface area contributed by atoms with Crippen molar-refractivity contribution in [1.82, 2.24) is 19.7 Å². The molecule has 4 rings (SSSR count). The van der Waals surface area contributed by atoms with Gasteiger partial charge in [0.2, 0.25) is 0 Å². The number of fused-ring (bicyclic) bond motifs is 1. The molecule has 0 radical (unpaired) electrons. The summed E-state index contributed by atoms with van der Waals surface area (Å²) in [6.07, 6.45) is 7.12. The molecule has 3 heterocycles. The molecule has 25 heavy (non-hydrogen) atoms. The minimum Gasteiger partial charge on any atom is -0.334 e. The highest BCUT2D eigenvalue weighted by Crippen LogP contribution is 2.24. The van der Waals surface area contributed by atoms with Crippen LogP contribution >= 0.6 is 0 Å². The highest BCUT2D eigenvalue weighted by molar-refractivity contribution is 6.04. The van der Waals surface area contributed by atoms with Gasteiger partial charge < -0.3 is 9.88 Å². The Balaban J connectivity index is 1.51. The zero-order valence-electron chi connectivity index (χ0n) is 14.1. The van der Waals surface area contributed by atoms with Crippen LogP contribution in [-0.4, -0.2) is 25.7 Å². The molecule has 0 saturated heterocycles. The summed E-state index contributed by atoms with van der Waals surface area (Å²) in [5.41, 5.74) is 3.93. The molecule has 0 spiro atoms. The molecule has 0 saturated carbocycles. The molecule has 1 aliphatic rings. The number of hydrogen-bond acceptors (Lipinski definition) is 4. The van der Waals surface area contributed by atoms with E-state index in [-0.39, 0.29) is 5.91 Å². The summed E-state index contributed by atoms with van der Waals surface area (Å²) in [4.78, 5) is 17.1. The van der Waals surface area contributed by atoms with Gasteiger partial charge in [-0.15, -0.1) is 0 Å². The summed E-state index contributed by atoms with van der Waals surface area (Å²) in [7, 11) is 0. The Hall–Kier alpha value is -3.02. The molecule has 1 N–H and O–H groups in total. The van der Waals surface area contributed by atoms with Gasteiger partial charge >= 0.3 is 0 Å². The molecule has 6 nitrogen and oxygen atoms in total. The minimum absolute atomic E-state index is 0.183. The number of imidazole rings is 1. The molecule has 0 fully saturated rings. The molecule has 1 amide bonds. The number of benzene rings is 1. The molecule has 2 aromatic heterocycles. The monoisotopic (exact) mass is 333 g/mol. The SMILES string of the molecule is Cc1nnccc1C(=O)Nc1ccc(-c2cn3c(n2)CCCC3)cc1. The molecule has 0 bridgehead atoms. The van der Waals surface area contributed by atoms with Crippen molar-refractivity contribution in [3.05, 3.63) is 59.8 Å². The van der Waals surface area contributed by atoms with E-state index < -0.39 is 0 Å². The maximum absolute atomic E-state index is 12.3. The van der Waals surface area contributed by atoms with Gasteiger partial charge in [-0.25, -0.2) is 4.98 Å². The fourth-order valence-electron chi connectivity index (χ4n) is 3.12. The summed E-state index contributed by atoms with van der Waals surface area (Å²) in [5, 5.41) is 10.6. The number of nitrogens with one attached hydrogen (secondary N) is 1. The van der Waals surface area contributed by atoms with E-state index in [9.17, 15) is 4.79 Å².